The lowest BCUT2D eigenvalue weighted by atomic mass is 10.1. The fourth-order valence-electron chi connectivity index (χ4n) is 3.09. The predicted molar refractivity (Wildman–Crippen MR) is 98.3 cm³/mol. The summed E-state index contributed by atoms with van der Waals surface area (Å²) in [6.45, 7) is 0.223. The van der Waals surface area contributed by atoms with Gasteiger partial charge in [0, 0.05) is 23.4 Å². The number of benzene rings is 2. The molecule has 2 amide bonds. The van der Waals surface area contributed by atoms with Gasteiger partial charge < -0.3 is 10.4 Å². The number of phenolic OH excluding ortho intramolecular Hbond substituents is 1. The molecule has 0 bridgehead atoms. The van der Waals surface area contributed by atoms with Gasteiger partial charge in [-0.2, -0.15) is 5.10 Å². The van der Waals surface area contributed by atoms with Gasteiger partial charge >= 0.3 is 0 Å². The van der Waals surface area contributed by atoms with Gasteiger partial charge in [-0.15, -0.1) is 0 Å². The number of rotatable bonds is 3. The van der Waals surface area contributed by atoms with Gasteiger partial charge in [0.05, 0.1) is 17.1 Å². The number of para-hydroxylation sites is 1. The van der Waals surface area contributed by atoms with Crippen LogP contribution in [0.5, 0.6) is 5.75 Å². The van der Waals surface area contributed by atoms with Gasteiger partial charge in [0.1, 0.15) is 5.75 Å². The second-order valence-corrected chi connectivity index (χ2v) is 6.59. The van der Waals surface area contributed by atoms with E-state index in [9.17, 15) is 14.7 Å². The third-order valence-electron chi connectivity index (χ3n) is 4.42. The van der Waals surface area contributed by atoms with Gasteiger partial charge in [-0.05, 0) is 30.3 Å². The van der Waals surface area contributed by atoms with Crippen LogP contribution in [0.15, 0.2) is 42.5 Å². The number of anilines is 2. The number of hydrogen-bond donors (Lipinski definition) is 3. The summed E-state index contributed by atoms with van der Waals surface area (Å²) in [5.41, 5.74) is 1.05. The monoisotopic (exact) mass is 370 g/mol. The fraction of sp³-hybridized carbons (Fsp3) is 0.167. The zero-order valence-corrected chi connectivity index (χ0v) is 14.3. The lowest BCUT2D eigenvalue weighted by Gasteiger charge is -2.14. The number of fused-ring (bicyclic) bond motifs is 1. The summed E-state index contributed by atoms with van der Waals surface area (Å²) < 4.78 is 0. The zero-order chi connectivity index (χ0) is 18.3. The van der Waals surface area contributed by atoms with Gasteiger partial charge in [-0.1, -0.05) is 23.7 Å². The molecule has 1 aliphatic heterocycles. The van der Waals surface area contributed by atoms with E-state index in [4.69, 9.17) is 11.6 Å². The first-order valence-electron chi connectivity index (χ1n) is 8.06. The number of aromatic hydroxyl groups is 1. The molecule has 132 valence electrons. The topological polar surface area (TPSA) is 98.3 Å². The molecule has 2 heterocycles. The number of carbonyl (C=O) groups excluding carboxylic acids is 2. The van der Waals surface area contributed by atoms with Crippen molar-refractivity contribution in [1.82, 2.24) is 10.2 Å². The molecule has 1 atom stereocenters. The minimum Gasteiger partial charge on any atom is -0.506 e. The third kappa shape index (κ3) is 2.86. The molecule has 2 aromatic carbocycles. The van der Waals surface area contributed by atoms with Gasteiger partial charge in [0.25, 0.3) is 0 Å². The largest absolute Gasteiger partial charge is 0.506 e. The van der Waals surface area contributed by atoms with Crippen LogP contribution in [-0.2, 0) is 9.59 Å². The third-order valence-corrected chi connectivity index (χ3v) is 4.65. The number of aromatic amines is 1. The first kappa shape index (κ1) is 16.4. The van der Waals surface area contributed by atoms with Crippen molar-refractivity contribution in [3.05, 3.63) is 47.5 Å². The summed E-state index contributed by atoms with van der Waals surface area (Å²) in [4.78, 5) is 26.5. The lowest BCUT2D eigenvalue weighted by Crippen LogP contribution is -2.28. The molecule has 8 heteroatoms. The molecule has 1 aliphatic rings. The summed E-state index contributed by atoms with van der Waals surface area (Å²) >= 11 is 5.89. The van der Waals surface area contributed by atoms with E-state index >= 15 is 0 Å². The minimum absolute atomic E-state index is 0.0777. The quantitative estimate of drug-likeness (QED) is 0.617. The number of nitrogens with one attached hydrogen (secondary N) is 2. The van der Waals surface area contributed by atoms with E-state index in [1.807, 2.05) is 24.3 Å². The molecule has 0 spiro atoms. The second-order valence-electron chi connectivity index (χ2n) is 6.15. The van der Waals surface area contributed by atoms with Crippen LogP contribution >= 0.6 is 11.6 Å². The number of hydrogen-bond acceptors (Lipinski definition) is 4. The normalized spacial score (nSPS) is 17.0. The molecule has 0 aliphatic carbocycles. The molecular weight excluding hydrogens is 356 g/mol. The number of aromatic nitrogens is 2. The van der Waals surface area contributed by atoms with Crippen molar-refractivity contribution in [1.29, 1.82) is 0 Å². The maximum absolute atomic E-state index is 12.5. The molecule has 0 radical (unpaired) electrons. The molecule has 1 fully saturated rings. The summed E-state index contributed by atoms with van der Waals surface area (Å²) in [6, 6.07) is 11.9. The average molecular weight is 371 g/mol. The molecular formula is C18H15ClN4O3. The smallest absolute Gasteiger partial charge is 0.229 e. The van der Waals surface area contributed by atoms with Crippen molar-refractivity contribution in [2.24, 2.45) is 5.92 Å². The van der Waals surface area contributed by atoms with Crippen LogP contribution in [0.3, 0.4) is 0 Å². The number of amides is 2. The highest BCUT2D eigenvalue weighted by Gasteiger charge is 2.37. The highest BCUT2D eigenvalue weighted by Crippen LogP contribution is 2.31. The molecule has 1 aromatic heterocycles. The van der Waals surface area contributed by atoms with Crippen molar-refractivity contribution in [2.75, 3.05) is 16.8 Å². The van der Waals surface area contributed by atoms with E-state index in [0.29, 0.717) is 10.8 Å². The Kier molecular flexibility index (Phi) is 4.00. The summed E-state index contributed by atoms with van der Waals surface area (Å²) in [5, 5.41) is 20.8. The van der Waals surface area contributed by atoms with Crippen molar-refractivity contribution in [3.63, 3.8) is 0 Å². The van der Waals surface area contributed by atoms with Crippen LogP contribution < -0.4 is 10.2 Å². The highest BCUT2D eigenvalue weighted by atomic mass is 35.5. The molecule has 7 nitrogen and oxygen atoms in total. The van der Waals surface area contributed by atoms with E-state index in [2.05, 4.69) is 15.5 Å². The SMILES string of the molecule is O=C(Nc1cc(Cl)ccc1O)[C@H]1CC(=O)N(c2n[nH]c3ccccc23)C1. The van der Waals surface area contributed by atoms with Gasteiger partial charge in [-0.3, -0.25) is 19.6 Å². The Bertz CT molecular complexity index is 1020. The second kappa shape index (κ2) is 6.34. The van der Waals surface area contributed by atoms with E-state index in [1.54, 1.807) is 0 Å². The average Bonchev–Trinajstić information content (AvgIpc) is 3.21. The van der Waals surface area contributed by atoms with E-state index in [1.165, 1.54) is 23.1 Å². The molecule has 0 saturated carbocycles. The number of phenols is 1. The molecule has 3 aromatic rings. The van der Waals surface area contributed by atoms with Crippen molar-refractivity contribution < 1.29 is 14.7 Å². The van der Waals surface area contributed by atoms with Crippen LogP contribution in [-0.4, -0.2) is 33.7 Å². The maximum Gasteiger partial charge on any atom is 0.229 e. The van der Waals surface area contributed by atoms with Gasteiger partial charge in [-0.25, -0.2) is 0 Å². The molecule has 26 heavy (non-hydrogen) atoms. The van der Waals surface area contributed by atoms with E-state index < -0.39 is 5.92 Å². The molecule has 0 unspecified atom stereocenters. The number of H-pyrrole nitrogens is 1. The van der Waals surface area contributed by atoms with E-state index in [-0.39, 0.29) is 36.2 Å². The number of nitrogens with zero attached hydrogens (tertiary/aromatic N) is 2. The Balaban J connectivity index is 1.54. The number of halogens is 1. The predicted octanol–water partition coefficient (Wildman–Crippen LogP) is 2.91. The van der Waals surface area contributed by atoms with Gasteiger partial charge in [0.15, 0.2) is 5.82 Å². The van der Waals surface area contributed by atoms with Crippen LogP contribution in [0, 0.1) is 5.92 Å². The van der Waals surface area contributed by atoms with Crippen molar-refractivity contribution >= 4 is 45.8 Å². The maximum atomic E-state index is 12.5. The van der Waals surface area contributed by atoms with Crippen LogP contribution in [0.1, 0.15) is 6.42 Å². The fourth-order valence-corrected chi connectivity index (χ4v) is 3.26. The summed E-state index contributed by atoms with van der Waals surface area (Å²) in [7, 11) is 0. The van der Waals surface area contributed by atoms with Crippen molar-refractivity contribution in [2.45, 2.75) is 6.42 Å². The Hall–Kier alpha value is -3.06. The van der Waals surface area contributed by atoms with Gasteiger partial charge in [0.2, 0.25) is 11.8 Å². The lowest BCUT2D eigenvalue weighted by molar-refractivity contribution is -0.122. The highest BCUT2D eigenvalue weighted by molar-refractivity contribution is 6.31. The first-order chi connectivity index (χ1) is 12.5. The zero-order valence-electron chi connectivity index (χ0n) is 13.6. The Morgan fingerprint density at radius 2 is 2.12 bits per heavy atom. The molecule has 4 rings (SSSR count). The van der Waals surface area contributed by atoms with Crippen LogP contribution in [0.2, 0.25) is 5.02 Å². The Labute approximate surface area is 153 Å². The van der Waals surface area contributed by atoms with Crippen LogP contribution in [0.25, 0.3) is 10.9 Å². The minimum atomic E-state index is -0.545. The standard InChI is InChI=1S/C18H15ClN4O3/c19-11-5-6-15(24)14(8-11)20-18(26)10-7-16(25)23(9-10)17-12-3-1-2-4-13(12)21-22-17/h1-6,8,10,24H,7,9H2,(H,20,26)(H,21,22)/t10-/m0/s1. The summed E-state index contributed by atoms with van der Waals surface area (Å²) in [5.74, 6) is -0.624. The number of carbonyl (C=O) groups is 2. The van der Waals surface area contributed by atoms with Crippen LogP contribution in [0.4, 0.5) is 11.5 Å². The van der Waals surface area contributed by atoms with E-state index in [0.717, 1.165) is 10.9 Å². The Morgan fingerprint density at radius 1 is 1.31 bits per heavy atom. The Morgan fingerprint density at radius 3 is 2.96 bits per heavy atom. The summed E-state index contributed by atoms with van der Waals surface area (Å²) in [6.07, 6.45) is 0.0777. The molecule has 1 saturated heterocycles. The first-order valence-corrected chi connectivity index (χ1v) is 8.43. The van der Waals surface area contributed by atoms with Crippen molar-refractivity contribution in [3.8, 4) is 5.75 Å². The molecule has 3 N–H and O–H groups in total.